The number of carbonyl (C=O) groups excluding carboxylic acids is 1. The summed E-state index contributed by atoms with van der Waals surface area (Å²) < 4.78 is 15.9. The van der Waals surface area contributed by atoms with Gasteiger partial charge < -0.3 is 19.9 Å². The fourth-order valence-electron chi connectivity index (χ4n) is 1.42. The molecule has 0 aliphatic heterocycles. The number of primary amides is 1. The maximum absolute atomic E-state index is 10.4. The van der Waals surface area contributed by atoms with Crippen LogP contribution in [0.2, 0.25) is 0 Å². The average Bonchev–Trinajstić information content (AvgIpc) is 2.61. The van der Waals surface area contributed by atoms with Gasteiger partial charge in [0.2, 0.25) is 5.91 Å². The minimum Gasteiger partial charge on any atom is -0.491 e. The third-order valence-corrected chi connectivity index (χ3v) is 2.31. The van der Waals surface area contributed by atoms with Gasteiger partial charge in [0.1, 0.15) is 19.0 Å². The fourth-order valence-corrected chi connectivity index (χ4v) is 1.42. The Morgan fingerprint density at radius 2 is 1.43 bits per heavy atom. The van der Waals surface area contributed by atoms with Gasteiger partial charge in [-0.05, 0) is 25.0 Å². The molecule has 0 spiro atoms. The van der Waals surface area contributed by atoms with E-state index in [0.29, 0.717) is 26.4 Å². The molecule has 0 saturated heterocycles. The molecule has 2 N–H and O–H groups in total. The molecule has 0 aromatic heterocycles. The quantitative estimate of drug-likeness (QED) is 0.632. The molecular weight excluding hydrogens is 294 g/mol. The number of hydrogen-bond donors (Lipinski definition) is 1. The number of hydrogen-bond acceptors (Lipinski definition) is 4. The van der Waals surface area contributed by atoms with Gasteiger partial charge in [-0.25, -0.2) is 0 Å². The van der Waals surface area contributed by atoms with Crippen LogP contribution in [0.15, 0.2) is 30.3 Å². The van der Waals surface area contributed by atoms with Crippen LogP contribution in [-0.4, -0.2) is 38.9 Å². The van der Waals surface area contributed by atoms with Crippen molar-refractivity contribution >= 4 is 5.91 Å². The average molecular weight is 327 g/mol. The van der Waals surface area contributed by atoms with Crippen molar-refractivity contribution in [1.82, 2.24) is 0 Å². The van der Waals surface area contributed by atoms with E-state index < -0.39 is 5.91 Å². The Kier molecular flexibility index (Phi) is 21.0. The standard InChI is InChI=1S/C14H21NO4.2C2H6/c15-14(16)12-18-9-5-4-8-17-10-11-19-13-6-2-1-3-7-13;2*1-2/h1-3,6-7H,4-5,8-12H2,(H2,15,16);2*1-2H3. The summed E-state index contributed by atoms with van der Waals surface area (Å²) in [7, 11) is 0. The van der Waals surface area contributed by atoms with E-state index in [4.69, 9.17) is 19.9 Å². The highest BCUT2D eigenvalue weighted by atomic mass is 16.5. The summed E-state index contributed by atoms with van der Waals surface area (Å²) in [6.07, 6.45) is 1.75. The molecule has 134 valence electrons. The van der Waals surface area contributed by atoms with Gasteiger partial charge in [-0.1, -0.05) is 45.9 Å². The zero-order valence-electron chi connectivity index (χ0n) is 15.0. The molecule has 0 atom stereocenters. The smallest absolute Gasteiger partial charge is 0.243 e. The van der Waals surface area contributed by atoms with Gasteiger partial charge in [0.15, 0.2) is 0 Å². The monoisotopic (exact) mass is 327 g/mol. The molecule has 0 aliphatic carbocycles. The Morgan fingerprint density at radius 3 is 2.00 bits per heavy atom. The molecule has 23 heavy (non-hydrogen) atoms. The van der Waals surface area contributed by atoms with Gasteiger partial charge in [0.25, 0.3) is 0 Å². The molecule has 1 aromatic rings. The minimum atomic E-state index is -0.436. The number of nitrogens with two attached hydrogens (primary N) is 1. The first kappa shape index (κ1) is 23.7. The highest BCUT2D eigenvalue weighted by molar-refractivity contribution is 5.74. The zero-order chi connectivity index (χ0) is 17.8. The van der Waals surface area contributed by atoms with E-state index in [1.54, 1.807) is 0 Å². The van der Waals surface area contributed by atoms with Crippen LogP contribution in [0.3, 0.4) is 0 Å². The fraction of sp³-hybridized carbons (Fsp3) is 0.611. The van der Waals surface area contributed by atoms with Crippen molar-refractivity contribution < 1.29 is 19.0 Å². The molecule has 0 unspecified atom stereocenters. The first-order valence-electron chi connectivity index (χ1n) is 8.40. The van der Waals surface area contributed by atoms with Gasteiger partial charge in [-0.2, -0.15) is 0 Å². The SMILES string of the molecule is CC.CC.NC(=O)COCCCCOCCOc1ccccc1. The Bertz CT molecular complexity index is 344. The highest BCUT2D eigenvalue weighted by Crippen LogP contribution is 2.07. The van der Waals surface area contributed by atoms with Gasteiger partial charge in [0, 0.05) is 13.2 Å². The maximum Gasteiger partial charge on any atom is 0.243 e. The number of para-hydroxylation sites is 1. The van der Waals surface area contributed by atoms with Crippen molar-refractivity contribution in [2.45, 2.75) is 40.5 Å². The summed E-state index contributed by atoms with van der Waals surface area (Å²) >= 11 is 0. The van der Waals surface area contributed by atoms with Crippen LogP contribution in [0.5, 0.6) is 5.75 Å². The van der Waals surface area contributed by atoms with Crippen LogP contribution in [0.1, 0.15) is 40.5 Å². The molecule has 0 heterocycles. The molecule has 0 saturated carbocycles. The normalized spacial score (nSPS) is 9.04. The van der Waals surface area contributed by atoms with Crippen LogP contribution >= 0.6 is 0 Å². The van der Waals surface area contributed by atoms with Crippen LogP contribution in [0.25, 0.3) is 0 Å². The van der Waals surface area contributed by atoms with Crippen molar-refractivity contribution in [1.29, 1.82) is 0 Å². The Balaban J connectivity index is 0. The van der Waals surface area contributed by atoms with Crippen LogP contribution in [-0.2, 0) is 14.3 Å². The van der Waals surface area contributed by atoms with Gasteiger partial charge in [-0.3, -0.25) is 4.79 Å². The predicted octanol–water partition coefficient (Wildman–Crippen LogP) is 3.42. The van der Waals surface area contributed by atoms with Crippen molar-refractivity contribution in [3.05, 3.63) is 30.3 Å². The predicted molar refractivity (Wildman–Crippen MR) is 94.7 cm³/mol. The molecule has 0 radical (unpaired) electrons. The van der Waals surface area contributed by atoms with Gasteiger partial charge >= 0.3 is 0 Å². The molecule has 1 rings (SSSR count). The van der Waals surface area contributed by atoms with Gasteiger partial charge in [-0.15, -0.1) is 0 Å². The maximum atomic E-state index is 10.4. The summed E-state index contributed by atoms with van der Waals surface area (Å²) in [5.74, 6) is 0.417. The first-order chi connectivity index (χ1) is 11.3. The lowest BCUT2D eigenvalue weighted by Crippen LogP contribution is -2.18. The van der Waals surface area contributed by atoms with Gasteiger partial charge in [0.05, 0.1) is 6.61 Å². The lowest BCUT2D eigenvalue weighted by atomic mass is 10.3. The lowest BCUT2D eigenvalue weighted by Gasteiger charge is -2.07. The highest BCUT2D eigenvalue weighted by Gasteiger charge is 1.95. The minimum absolute atomic E-state index is 0.00816. The van der Waals surface area contributed by atoms with Crippen LogP contribution in [0, 0.1) is 0 Å². The Labute approximate surface area is 141 Å². The number of rotatable bonds is 11. The Morgan fingerprint density at radius 1 is 0.870 bits per heavy atom. The molecule has 1 amide bonds. The lowest BCUT2D eigenvalue weighted by molar-refractivity contribution is -0.122. The van der Waals surface area contributed by atoms with Crippen molar-refractivity contribution in [2.75, 3.05) is 33.0 Å². The third kappa shape index (κ3) is 18.4. The van der Waals surface area contributed by atoms with E-state index in [0.717, 1.165) is 18.6 Å². The summed E-state index contributed by atoms with van der Waals surface area (Å²) in [6, 6.07) is 9.64. The number of unbranched alkanes of at least 4 members (excludes halogenated alkanes) is 1. The first-order valence-corrected chi connectivity index (χ1v) is 8.40. The molecule has 0 fully saturated rings. The topological polar surface area (TPSA) is 70.8 Å². The van der Waals surface area contributed by atoms with Crippen molar-refractivity contribution in [3.63, 3.8) is 0 Å². The van der Waals surface area contributed by atoms with E-state index in [9.17, 15) is 4.79 Å². The second-order valence-electron chi connectivity index (χ2n) is 4.00. The second-order valence-corrected chi connectivity index (χ2v) is 4.00. The molecule has 5 nitrogen and oxygen atoms in total. The molecule has 0 bridgehead atoms. The third-order valence-electron chi connectivity index (χ3n) is 2.31. The largest absolute Gasteiger partial charge is 0.491 e. The Hall–Kier alpha value is -1.59. The van der Waals surface area contributed by atoms with Crippen molar-refractivity contribution in [2.24, 2.45) is 5.73 Å². The van der Waals surface area contributed by atoms with E-state index in [1.807, 2.05) is 58.0 Å². The summed E-state index contributed by atoms with van der Waals surface area (Å²) in [5.41, 5.74) is 4.93. The number of benzene rings is 1. The number of carbonyl (C=O) groups is 1. The zero-order valence-corrected chi connectivity index (χ0v) is 15.0. The van der Waals surface area contributed by atoms with E-state index in [1.165, 1.54) is 0 Å². The molecular formula is C18H33NO4. The summed E-state index contributed by atoms with van der Waals surface area (Å²) in [4.78, 5) is 10.4. The van der Waals surface area contributed by atoms with E-state index in [-0.39, 0.29) is 6.61 Å². The van der Waals surface area contributed by atoms with E-state index in [2.05, 4.69) is 0 Å². The summed E-state index contributed by atoms with van der Waals surface area (Å²) in [6.45, 7) is 10.3. The molecule has 5 heteroatoms. The van der Waals surface area contributed by atoms with Crippen LogP contribution < -0.4 is 10.5 Å². The second kappa shape index (κ2) is 20.4. The number of ether oxygens (including phenoxy) is 3. The summed E-state index contributed by atoms with van der Waals surface area (Å²) in [5, 5.41) is 0. The number of amides is 1. The van der Waals surface area contributed by atoms with Crippen molar-refractivity contribution in [3.8, 4) is 5.75 Å². The van der Waals surface area contributed by atoms with E-state index >= 15 is 0 Å². The van der Waals surface area contributed by atoms with Crippen LogP contribution in [0.4, 0.5) is 0 Å². The molecule has 0 aliphatic rings. The molecule has 1 aromatic carbocycles.